The van der Waals surface area contributed by atoms with E-state index in [2.05, 4.69) is 23.3 Å². The van der Waals surface area contributed by atoms with Gasteiger partial charge in [-0.15, -0.1) is 0 Å². The normalized spacial score (nSPS) is 12.0. The molecule has 0 fully saturated rings. The number of fused-ring (bicyclic) bond motifs is 1. The molecule has 0 bridgehead atoms. The first-order valence-corrected chi connectivity index (χ1v) is 9.01. The number of rotatable bonds is 6. The SMILES string of the molecule is Cc1ccc(C(C)NC(=O)COC(=O)Cc2c[nH]c3ccccc23)cc1C. The zero-order chi connectivity index (χ0) is 19.4. The van der Waals surface area contributed by atoms with E-state index < -0.39 is 5.97 Å². The number of esters is 1. The molecule has 1 amide bonds. The van der Waals surface area contributed by atoms with Gasteiger partial charge in [0.25, 0.3) is 5.91 Å². The standard InChI is InChI=1S/C22H24N2O3/c1-14-8-9-17(10-15(14)2)16(3)24-21(25)13-27-22(26)11-18-12-23-20-7-5-4-6-19(18)20/h4-10,12,16,23H,11,13H2,1-3H3,(H,24,25). The number of aromatic nitrogens is 1. The van der Waals surface area contributed by atoms with Crippen LogP contribution in [-0.4, -0.2) is 23.5 Å². The number of hydrogen-bond donors (Lipinski definition) is 2. The summed E-state index contributed by atoms with van der Waals surface area (Å²) in [5, 5.41) is 3.85. The zero-order valence-electron chi connectivity index (χ0n) is 15.8. The zero-order valence-corrected chi connectivity index (χ0v) is 15.8. The van der Waals surface area contributed by atoms with Crippen LogP contribution in [0, 0.1) is 13.8 Å². The Balaban J connectivity index is 1.51. The number of aryl methyl sites for hydroxylation is 2. The van der Waals surface area contributed by atoms with E-state index in [0.717, 1.165) is 22.0 Å². The molecular weight excluding hydrogens is 340 g/mol. The number of ether oxygens (including phenoxy) is 1. The highest BCUT2D eigenvalue weighted by molar-refractivity contribution is 5.88. The van der Waals surface area contributed by atoms with Crippen LogP contribution in [0.25, 0.3) is 10.9 Å². The Morgan fingerprint density at radius 3 is 2.67 bits per heavy atom. The lowest BCUT2D eigenvalue weighted by atomic mass is 10.0. The Hall–Kier alpha value is -3.08. The number of carbonyl (C=O) groups excluding carboxylic acids is 2. The van der Waals surface area contributed by atoms with Crippen LogP contribution in [0.2, 0.25) is 0 Å². The van der Waals surface area contributed by atoms with Gasteiger partial charge in [-0.1, -0.05) is 36.4 Å². The lowest BCUT2D eigenvalue weighted by Gasteiger charge is -2.15. The van der Waals surface area contributed by atoms with Crippen molar-refractivity contribution < 1.29 is 14.3 Å². The average Bonchev–Trinajstić information content (AvgIpc) is 3.05. The largest absolute Gasteiger partial charge is 0.455 e. The summed E-state index contributed by atoms with van der Waals surface area (Å²) in [5.74, 6) is -0.734. The highest BCUT2D eigenvalue weighted by Gasteiger charge is 2.14. The van der Waals surface area contributed by atoms with Gasteiger partial charge in [0, 0.05) is 17.1 Å². The summed E-state index contributed by atoms with van der Waals surface area (Å²) in [4.78, 5) is 27.3. The fourth-order valence-corrected chi connectivity index (χ4v) is 3.03. The minimum absolute atomic E-state index is 0.129. The molecule has 1 aromatic heterocycles. The van der Waals surface area contributed by atoms with Gasteiger partial charge in [-0.25, -0.2) is 0 Å². The first-order chi connectivity index (χ1) is 12.9. The van der Waals surface area contributed by atoms with Gasteiger partial charge < -0.3 is 15.0 Å². The molecule has 5 heteroatoms. The van der Waals surface area contributed by atoms with E-state index in [1.165, 1.54) is 11.1 Å². The van der Waals surface area contributed by atoms with Gasteiger partial charge in [0.15, 0.2) is 6.61 Å². The van der Waals surface area contributed by atoms with Gasteiger partial charge in [0.05, 0.1) is 12.5 Å². The minimum Gasteiger partial charge on any atom is -0.455 e. The van der Waals surface area contributed by atoms with Crippen LogP contribution in [0.3, 0.4) is 0 Å². The number of amides is 1. The van der Waals surface area contributed by atoms with Crippen LogP contribution in [0.4, 0.5) is 0 Å². The Bertz CT molecular complexity index is 975. The summed E-state index contributed by atoms with van der Waals surface area (Å²) in [7, 11) is 0. The van der Waals surface area contributed by atoms with Crippen molar-refractivity contribution in [3.05, 3.63) is 70.9 Å². The average molecular weight is 364 g/mol. The molecule has 2 N–H and O–H groups in total. The van der Waals surface area contributed by atoms with E-state index >= 15 is 0 Å². The van der Waals surface area contributed by atoms with Crippen molar-refractivity contribution in [3.8, 4) is 0 Å². The number of para-hydroxylation sites is 1. The lowest BCUT2D eigenvalue weighted by Crippen LogP contribution is -2.31. The topological polar surface area (TPSA) is 71.2 Å². The molecule has 3 rings (SSSR count). The van der Waals surface area contributed by atoms with Crippen molar-refractivity contribution in [2.45, 2.75) is 33.2 Å². The van der Waals surface area contributed by atoms with Crippen molar-refractivity contribution in [3.63, 3.8) is 0 Å². The van der Waals surface area contributed by atoms with E-state index in [-0.39, 0.29) is 25.0 Å². The number of H-pyrrole nitrogens is 1. The Morgan fingerprint density at radius 1 is 1.11 bits per heavy atom. The summed E-state index contributed by atoms with van der Waals surface area (Å²) in [6, 6.07) is 13.7. The third kappa shape index (κ3) is 4.56. The van der Waals surface area contributed by atoms with Gasteiger partial charge in [-0.05, 0) is 49.1 Å². The third-order valence-electron chi connectivity index (χ3n) is 4.78. The van der Waals surface area contributed by atoms with Gasteiger partial charge in [-0.2, -0.15) is 0 Å². The van der Waals surface area contributed by atoms with E-state index in [1.807, 2.05) is 50.2 Å². The first-order valence-electron chi connectivity index (χ1n) is 9.01. The molecule has 0 aliphatic heterocycles. The van der Waals surface area contributed by atoms with Crippen LogP contribution >= 0.6 is 0 Å². The summed E-state index contributed by atoms with van der Waals surface area (Å²) in [6.07, 6.45) is 1.93. The molecule has 0 aliphatic carbocycles. The smallest absolute Gasteiger partial charge is 0.310 e. The molecular formula is C22H24N2O3. The Labute approximate surface area is 158 Å². The van der Waals surface area contributed by atoms with Crippen LogP contribution in [0.1, 0.15) is 35.2 Å². The molecule has 140 valence electrons. The second kappa shape index (κ2) is 8.08. The molecule has 3 aromatic rings. The quantitative estimate of drug-likeness (QED) is 0.655. The van der Waals surface area contributed by atoms with Crippen LogP contribution < -0.4 is 5.32 Å². The van der Waals surface area contributed by atoms with Crippen molar-refractivity contribution in [1.82, 2.24) is 10.3 Å². The lowest BCUT2D eigenvalue weighted by molar-refractivity contribution is -0.148. The maximum atomic E-state index is 12.1. The molecule has 0 saturated heterocycles. The Morgan fingerprint density at radius 2 is 1.89 bits per heavy atom. The maximum Gasteiger partial charge on any atom is 0.310 e. The van der Waals surface area contributed by atoms with Crippen molar-refractivity contribution in [2.75, 3.05) is 6.61 Å². The predicted molar refractivity (Wildman–Crippen MR) is 105 cm³/mol. The van der Waals surface area contributed by atoms with Crippen LogP contribution in [-0.2, 0) is 20.7 Å². The molecule has 27 heavy (non-hydrogen) atoms. The van der Waals surface area contributed by atoms with Crippen molar-refractivity contribution in [2.24, 2.45) is 0 Å². The predicted octanol–water partition coefficient (Wildman–Crippen LogP) is 3.75. The van der Waals surface area contributed by atoms with E-state index in [9.17, 15) is 9.59 Å². The monoisotopic (exact) mass is 364 g/mol. The van der Waals surface area contributed by atoms with Crippen LogP contribution in [0.15, 0.2) is 48.7 Å². The summed E-state index contributed by atoms with van der Waals surface area (Å²) in [5.41, 5.74) is 5.25. The second-order valence-electron chi connectivity index (χ2n) is 6.83. The maximum absolute atomic E-state index is 12.1. The number of aromatic amines is 1. The van der Waals surface area contributed by atoms with E-state index in [4.69, 9.17) is 4.74 Å². The summed E-state index contributed by atoms with van der Waals surface area (Å²) in [6.45, 7) is 5.72. The van der Waals surface area contributed by atoms with Crippen molar-refractivity contribution in [1.29, 1.82) is 0 Å². The molecule has 0 spiro atoms. The fraction of sp³-hybridized carbons (Fsp3) is 0.273. The molecule has 5 nitrogen and oxygen atoms in total. The highest BCUT2D eigenvalue weighted by atomic mass is 16.5. The minimum atomic E-state index is -0.422. The third-order valence-corrected chi connectivity index (χ3v) is 4.78. The second-order valence-corrected chi connectivity index (χ2v) is 6.83. The number of nitrogens with one attached hydrogen (secondary N) is 2. The summed E-state index contributed by atoms with van der Waals surface area (Å²) < 4.78 is 5.14. The molecule has 1 unspecified atom stereocenters. The highest BCUT2D eigenvalue weighted by Crippen LogP contribution is 2.19. The molecule has 1 heterocycles. The molecule has 0 aliphatic rings. The molecule has 2 aromatic carbocycles. The van der Waals surface area contributed by atoms with Gasteiger partial charge in [0.1, 0.15) is 0 Å². The molecule has 1 atom stereocenters. The van der Waals surface area contributed by atoms with E-state index in [1.54, 1.807) is 6.20 Å². The summed E-state index contributed by atoms with van der Waals surface area (Å²) >= 11 is 0. The molecule has 0 saturated carbocycles. The molecule has 0 radical (unpaired) electrons. The first kappa shape index (κ1) is 18.7. The van der Waals surface area contributed by atoms with E-state index in [0.29, 0.717) is 0 Å². The Kier molecular flexibility index (Phi) is 5.60. The number of carbonyl (C=O) groups is 2. The number of hydrogen-bond acceptors (Lipinski definition) is 3. The van der Waals surface area contributed by atoms with Crippen LogP contribution in [0.5, 0.6) is 0 Å². The van der Waals surface area contributed by atoms with Crippen molar-refractivity contribution >= 4 is 22.8 Å². The fourth-order valence-electron chi connectivity index (χ4n) is 3.03. The number of benzene rings is 2. The van der Waals surface area contributed by atoms with Gasteiger partial charge in [-0.3, -0.25) is 9.59 Å². The van der Waals surface area contributed by atoms with Gasteiger partial charge in [0.2, 0.25) is 0 Å². The van der Waals surface area contributed by atoms with Gasteiger partial charge >= 0.3 is 5.97 Å².